The summed E-state index contributed by atoms with van der Waals surface area (Å²) >= 11 is 0. The summed E-state index contributed by atoms with van der Waals surface area (Å²) in [5.74, 6) is 0. The molecule has 11 atom stereocenters. The summed E-state index contributed by atoms with van der Waals surface area (Å²) in [4.78, 5) is 0. The van der Waals surface area contributed by atoms with Crippen molar-refractivity contribution in [3.63, 3.8) is 0 Å². The second-order valence-electron chi connectivity index (χ2n) is 23.9. The quantitative estimate of drug-likeness (QED) is 0.0473. The van der Waals surface area contributed by atoms with Gasteiger partial charge in [0.2, 0.25) is 0 Å². The summed E-state index contributed by atoms with van der Waals surface area (Å²) in [6.07, 6.45) is -11.2. The van der Waals surface area contributed by atoms with Crippen molar-refractivity contribution in [2.45, 2.75) is 139 Å². The van der Waals surface area contributed by atoms with Crippen LogP contribution in [0.5, 0.6) is 0 Å². The van der Waals surface area contributed by atoms with Crippen LogP contribution in [0.3, 0.4) is 0 Å². The molecule has 9 aromatic carbocycles. The van der Waals surface area contributed by atoms with Gasteiger partial charge in [0.05, 0.1) is 52.9 Å². The van der Waals surface area contributed by atoms with Crippen LogP contribution < -0.4 is 10.4 Å². The Labute approximate surface area is 526 Å². The molecule has 1 N–H and O–H groups in total. The minimum Gasteiger partial charge on any atom is -0.405 e. The summed E-state index contributed by atoms with van der Waals surface area (Å²) in [6, 6.07) is 91.3. The third kappa shape index (κ3) is 16.4. The van der Waals surface area contributed by atoms with Crippen molar-refractivity contribution in [2.75, 3.05) is 6.61 Å². The molecule has 0 radical (unpaired) electrons. The molecule has 0 unspecified atom stereocenters. The first-order valence-electron chi connectivity index (χ1n) is 31.0. The molecule has 0 spiro atoms. The molecule has 0 bridgehead atoms. The standard InChI is InChI=1S/C77H82O11Si/c1-77(2,3)89(64-45-27-11-28-46-64,65-47-29-12-30-48-65)86-56-66-68(79-49-57-31-13-4-14-32-57)71(82-52-60-37-19-7-20-38-60)75(85-55-63-43-25-10-26-44-63)76(87-66)88-74-70(81-51-59-35-17-6-18-36-59)67(78)69(80-50-58-33-15-5-16-34-58)72(83-53-61-39-21-8-22-40-61)73(74)84-54-62-41-23-9-24-42-62/h4-48,66-76,78H,49-56H2,1-3H3/t66-,67-,68-,69+,70-,71+,72-,73+,74+,75+,76-/m1/s1. The van der Waals surface area contributed by atoms with Gasteiger partial charge in [-0.05, 0) is 54.4 Å². The largest absolute Gasteiger partial charge is 0.405 e. The first kappa shape index (κ1) is 63.3. The van der Waals surface area contributed by atoms with Gasteiger partial charge in [0, 0.05) is 0 Å². The van der Waals surface area contributed by atoms with Gasteiger partial charge in [-0.3, -0.25) is 0 Å². The Morgan fingerprint density at radius 2 is 0.562 bits per heavy atom. The van der Waals surface area contributed by atoms with E-state index in [1.807, 2.05) is 200 Å². The molecule has 1 aliphatic carbocycles. The summed E-state index contributed by atoms with van der Waals surface area (Å²) in [6.45, 7) is 8.12. The number of hydrogen-bond donors (Lipinski definition) is 1. The molecule has 9 aromatic rings. The number of aliphatic hydroxyl groups excluding tert-OH is 1. The van der Waals surface area contributed by atoms with Gasteiger partial charge in [0.15, 0.2) is 6.29 Å². The maximum absolute atomic E-state index is 13.4. The fourth-order valence-corrected chi connectivity index (χ4v) is 16.8. The van der Waals surface area contributed by atoms with Gasteiger partial charge in [-0.2, -0.15) is 0 Å². The molecule has 1 heterocycles. The molecule has 460 valence electrons. The van der Waals surface area contributed by atoms with E-state index in [-0.39, 0.29) is 57.9 Å². The van der Waals surface area contributed by atoms with E-state index in [4.69, 9.17) is 47.1 Å². The zero-order valence-electron chi connectivity index (χ0n) is 51.0. The van der Waals surface area contributed by atoms with E-state index in [9.17, 15) is 5.11 Å². The molecule has 89 heavy (non-hydrogen) atoms. The summed E-state index contributed by atoms with van der Waals surface area (Å²) in [7, 11) is -3.24. The van der Waals surface area contributed by atoms with Crippen molar-refractivity contribution < 1.29 is 52.2 Å². The number of rotatable bonds is 28. The third-order valence-corrected chi connectivity index (χ3v) is 21.7. The Morgan fingerprint density at radius 3 is 0.876 bits per heavy atom. The number of ether oxygens (including phenoxy) is 9. The van der Waals surface area contributed by atoms with Crippen LogP contribution in [0.15, 0.2) is 273 Å². The Morgan fingerprint density at radius 1 is 0.315 bits per heavy atom. The van der Waals surface area contributed by atoms with E-state index in [0.29, 0.717) is 0 Å². The average molecular weight is 1210 g/mol. The van der Waals surface area contributed by atoms with Crippen molar-refractivity contribution in [1.82, 2.24) is 0 Å². The molecule has 1 saturated carbocycles. The first-order valence-corrected chi connectivity index (χ1v) is 32.9. The highest BCUT2D eigenvalue weighted by Crippen LogP contribution is 2.41. The predicted molar refractivity (Wildman–Crippen MR) is 348 cm³/mol. The number of benzene rings is 9. The van der Waals surface area contributed by atoms with Gasteiger partial charge in [0.1, 0.15) is 61.0 Å². The molecule has 1 aliphatic heterocycles. The van der Waals surface area contributed by atoms with Gasteiger partial charge < -0.3 is 52.2 Å². The molecular weight excluding hydrogens is 1130 g/mol. The van der Waals surface area contributed by atoms with Crippen LogP contribution in [-0.2, 0) is 93.3 Å². The summed E-state index contributed by atoms with van der Waals surface area (Å²) in [5, 5.41) is 15.2. The highest BCUT2D eigenvalue weighted by Gasteiger charge is 2.58. The Kier molecular flexibility index (Phi) is 22.4. The van der Waals surface area contributed by atoms with E-state index in [0.717, 1.165) is 49.3 Å². The number of hydrogen-bond acceptors (Lipinski definition) is 11. The molecule has 12 heteroatoms. The summed E-state index contributed by atoms with van der Waals surface area (Å²) < 4.78 is 73.8. The van der Waals surface area contributed by atoms with Gasteiger partial charge in [-0.1, -0.05) is 294 Å². The van der Waals surface area contributed by atoms with Crippen LogP contribution in [0.2, 0.25) is 5.04 Å². The highest BCUT2D eigenvalue weighted by atomic mass is 28.4. The van der Waals surface area contributed by atoms with Crippen molar-refractivity contribution in [2.24, 2.45) is 0 Å². The lowest BCUT2D eigenvalue weighted by atomic mass is 9.83. The van der Waals surface area contributed by atoms with Crippen LogP contribution in [0, 0.1) is 0 Å². The van der Waals surface area contributed by atoms with E-state index in [1.165, 1.54) is 0 Å². The fourth-order valence-electron chi connectivity index (χ4n) is 12.2. The average Bonchev–Trinajstić information content (AvgIpc) is 1.36. The zero-order chi connectivity index (χ0) is 61.1. The monoisotopic (exact) mass is 1210 g/mol. The molecule has 0 amide bonds. The smallest absolute Gasteiger partial charge is 0.261 e. The molecule has 2 fully saturated rings. The SMILES string of the molecule is CC(C)(C)[Si](OC[C@H]1O[C@H](O[C@@H]2[C@@H](OCc3ccccc3)[C@H](OCc3ccccc3)[C@@H](OCc3ccccc3)[C@@H](O)[C@H]2OCc2ccccc2)[C@@H](OCc2ccccc2)[C@@H](OCc2ccccc2)[C@@H]1OCc1ccccc1)(c1ccccc1)c1ccccc1. The second-order valence-corrected chi connectivity index (χ2v) is 28.2. The van der Waals surface area contributed by atoms with Crippen LogP contribution in [0.1, 0.15) is 59.7 Å². The maximum Gasteiger partial charge on any atom is 0.261 e. The minimum absolute atomic E-state index is 0.0660. The van der Waals surface area contributed by atoms with Crippen LogP contribution in [0.4, 0.5) is 0 Å². The van der Waals surface area contributed by atoms with Crippen molar-refractivity contribution >= 4 is 18.7 Å². The lowest BCUT2D eigenvalue weighted by molar-refractivity contribution is -0.363. The molecule has 11 rings (SSSR count). The molecule has 0 aromatic heterocycles. The Hall–Kier alpha value is -7.24. The minimum atomic E-state index is -3.24. The second kappa shape index (κ2) is 31.5. The van der Waals surface area contributed by atoms with E-state index in [1.54, 1.807) is 0 Å². The van der Waals surface area contributed by atoms with Crippen LogP contribution in [-0.4, -0.2) is 87.4 Å². The highest BCUT2D eigenvalue weighted by molar-refractivity contribution is 6.99. The lowest BCUT2D eigenvalue weighted by Crippen LogP contribution is -2.70. The van der Waals surface area contributed by atoms with E-state index >= 15 is 0 Å². The summed E-state index contributed by atoms with van der Waals surface area (Å²) in [5.41, 5.74) is 6.54. The van der Waals surface area contributed by atoms with Crippen molar-refractivity contribution in [1.29, 1.82) is 0 Å². The lowest BCUT2D eigenvalue weighted by Gasteiger charge is -2.52. The van der Waals surface area contributed by atoms with Crippen molar-refractivity contribution in [3.05, 3.63) is 312 Å². The number of aliphatic hydroxyl groups is 1. The Bertz CT molecular complexity index is 3390. The van der Waals surface area contributed by atoms with Gasteiger partial charge in [-0.15, -0.1) is 0 Å². The van der Waals surface area contributed by atoms with Crippen LogP contribution in [0.25, 0.3) is 0 Å². The van der Waals surface area contributed by atoms with Gasteiger partial charge in [-0.25, -0.2) is 0 Å². The Balaban J connectivity index is 1.07. The maximum atomic E-state index is 13.4. The van der Waals surface area contributed by atoms with E-state index < -0.39 is 75.6 Å². The molecule has 1 saturated heterocycles. The topological polar surface area (TPSA) is 113 Å². The molecule has 11 nitrogen and oxygen atoms in total. The van der Waals surface area contributed by atoms with E-state index in [2.05, 4.69) is 93.6 Å². The van der Waals surface area contributed by atoms with Gasteiger partial charge >= 0.3 is 0 Å². The molecule has 2 aliphatic rings. The normalized spacial score (nSPS) is 23.0. The third-order valence-electron chi connectivity index (χ3n) is 16.7. The fraction of sp³-hybridized carbons (Fsp3) is 0.299. The van der Waals surface area contributed by atoms with Crippen molar-refractivity contribution in [3.8, 4) is 0 Å². The predicted octanol–water partition coefficient (Wildman–Crippen LogP) is 13.1. The molecular formula is C77H82O11Si. The van der Waals surface area contributed by atoms with Gasteiger partial charge in [0.25, 0.3) is 8.32 Å². The van der Waals surface area contributed by atoms with Crippen LogP contribution >= 0.6 is 0 Å². The first-order chi connectivity index (χ1) is 43.7. The zero-order valence-corrected chi connectivity index (χ0v) is 52.0.